The zero-order chi connectivity index (χ0) is 14.3. The smallest absolute Gasteiger partial charge is 0.271 e. The summed E-state index contributed by atoms with van der Waals surface area (Å²) in [6.07, 6.45) is 3.72. The molecule has 2 aliphatic rings. The van der Waals surface area contributed by atoms with E-state index in [-0.39, 0.29) is 5.69 Å². The molecular weight excluding hydrogens is 278 g/mol. The summed E-state index contributed by atoms with van der Waals surface area (Å²) in [6, 6.07) is 6.32. The molecule has 1 saturated heterocycles. The molecule has 1 saturated carbocycles. The Morgan fingerprint density at radius 1 is 1.45 bits per heavy atom. The highest BCUT2D eigenvalue weighted by molar-refractivity contribution is 6.33. The van der Waals surface area contributed by atoms with E-state index < -0.39 is 4.92 Å². The molecule has 1 aliphatic heterocycles. The summed E-state index contributed by atoms with van der Waals surface area (Å²) >= 11 is 6.12. The standard InChI is InChI=1S/C14H18ClN3O2/c1-9-6-10(8-17(9)11-2-3-11)16-14-5-4-12(18(19)20)7-13(14)15/h4-5,7,9-11,16H,2-3,6,8H2,1H3. The maximum absolute atomic E-state index is 10.7. The minimum absolute atomic E-state index is 0.0277. The Morgan fingerprint density at radius 3 is 2.80 bits per heavy atom. The van der Waals surface area contributed by atoms with Crippen molar-refractivity contribution < 1.29 is 4.92 Å². The number of hydrogen-bond donors (Lipinski definition) is 1. The van der Waals surface area contributed by atoms with E-state index in [2.05, 4.69) is 17.1 Å². The van der Waals surface area contributed by atoms with Crippen molar-refractivity contribution in [1.82, 2.24) is 4.90 Å². The van der Waals surface area contributed by atoms with Crippen LogP contribution in [-0.4, -0.2) is 34.5 Å². The van der Waals surface area contributed by atoms with E-state index in [0.717, 1.165) is 24.7 Å². The zero-order valence-corrected chi connectivity index (χ0v) is 12.1. The van der Waals surface area contributed by atoms with Gasteiger partial charge in [0, 0.05) is 36.8 Å². The summed E-state index contributed by atoms with van der Waals surface area (Å²) in [7, 11) is 0. The van der Waals surface area contributed by atoms with Gasteiger partial charge >= 0.3 is 0 Å². The zero-order valence-electron chi connectivity index (χ0n) is 11.4. The highest BCUT2D eigenvalue weighted by atomic mass is 35.5. The Balaban J connectivity index is 1.67. The minimum Gasteiger partial charge on any atom is -0.380 e. The van der Waals surface area contributed by atoms with Gasteiger partial charge in [-0.3, -0.25) is 15.0 Å². The fraction of sp³-hybridized carbons (Fsp3) is 0.571. The molecule has 108 valence electrons. The lowest BCUT2D eigenvalue weighted by Crippen LogP contribution is -2.31. The summed E-state index contributed by atoms with van der Waals surface area (Å²) < 4.78 is 0. The van der Waals surface area contributed by atoms with Gasteiger partial charge in [0.25, 0.3) is 5.69 Å². The van der Waals surface area contributed by atoms with E-state index in [1.54, 1.807) is 6.07 Å². The Labute approximate surface area is 123 Å². The molecule has 2 atom stereocenters. The molecule has 0 aromatic heterocycles. The molecule has 2 fully saturated rings. The van der Waals surface area contributed by atoms with Crippen LogP contribution in [0.3, 0.4) is 0 Å². The second kappa shape index (κ2) is 5.22. The van der Waals surface area contributed by atoms with Crippen LogP contribution < -0.4 is 5.32 Å². The Morgan fingerprint density at radius 2 is 2.20 bits per heavy atom. The first-order valence-corrected chi connectivity index (χ1v) is 7.38. The van der Waals surface area contributed by atoms with Crippen LogP contribution in [0.2, 0.25) is 5.02 Å². The number of non-ortho nitro benzene ring substituents is 1. The third kappa shape index (κ3) is 2.74. The van der Waals surface area contributed by atoms with Crippen molar-refractivity contribution >= 4 is 23.0 Å². The summed E-state index contributed by atoms with van der Waals surface area (Å²) in [5, 5.41) is 14.5. The normalized spacial score (nSPS) is 26.7. The van der Waals surface area contributed by atoms with Crippen molar-refractivity contribution in [3.05, 3.63) is 33.3 Å². The average molecular weight is 296 g/mol. The molecule has 5 nitrogen and oxygen atoms in total. The molecule has 6 heteroatoms. The molecule has 0 radical (unpaired) electrons. The van der Waals surface area contributed by atoms with Crippen LogP contribution in [-0.2, 0) is 0 Å². The van der Waals surface area contributed by atoms with Crippen LogP contribution in [0.5, 0.6) is 0 Å². The number of nitrogens with zero attached hydrogens (tertiary/aromatic N) is 2. The Kier molecular flexibility index (Phi) is 3.56. The maximum Gasteiger partial charge on any atom is 0.271 e. The maximum atomic E-state index is 10.7. The Hall–Kier alpha value is -1.33. The third-order valence-electron chi connectivity index (χ3n) is 4.16. The van der Waals surface area contributed by atoms with Gasteiger partial charge < -0.3 is 5.32 Å². The molecule has 1 N–H and O–H groups in total. The van der Waals surface area contributed by atoms with E-state index in [1.807, 2.05) is 0 Å². The van der Waals surface area contributed by atoms with Crippen LogP contribution in [0.15, 0.2) is 18.2 Å². The summed E-state index contributed by atoms with van der Waals surface area (Å²) in [4.78, 5) is 12.8. The molecule has 1 heterocycles. The van der Waals surface area contributed by atoms with Crippen LogP contribution >= 0.6 is 11.6 Å². The largest absolute Gasteiger partial charge is 0.380 e. The van der Waals surface area contributed by atoms with Crippen molar-refractivity contribution in [1.29, 1.82) is 0 Å². The SMILES string of the molecule is CC1CC(Nc2ccc([N+](=O)[O-])cc2Cl)CN1C1CC1. The number of nitro benzene ring substituents is 1. The first-order chi connectivity index (χ1) is 9.54. The summed E-state index contributed by atoms with van der Waals surface area (Å²) in [5.41, 5.74) is 0.812. The van der Waals surface area contributed by atoms with Crippen molar-refractivity contribution in [2.45, 2.75) is 44.3 Å². The second-order valence-corrected chi connectivity index (χ2v) is 6.18. The first-order valence-electron chi connectivity index (χ1n) is 7.01. The molecule has 1 aliphatic carbocycles. The van der Waals surface area contributed by atoms with Crippen LogP contribution in [0.1, 0.15) is 26.2 Å². The predicted octanol–water partition coefficient (Wildman–Crippen LogP) is 3.29. The van der Waals surface area contributed by atoms with Crippen molar-refractivity contribution in [3.8, 4) is 0 Å². The molecule has 1 aromatic rings. The molecule has 0 bridgehead atoms. The van der Waals surface area contributed by atoms with E-state index in [4.69, 9.17) is 11.6 Å². The number of anilines is 1. The Bertz CT molecular complexity index is 533. The topological polar surface area (TPSA) is 58.4 Å². The number of rotatable bonds is 4. The van der Waals surface area contributed by atoms with Gasteiger partial charge in [-0.25, -0.2) is 0 Å². The molecule has 20 heavy (non-hydrogen) atoms. The fourth-order valence-electron chi connectivity index (χ4n) is 3.03. The molecule has 3 rings (SSSR count). The van der Waals surface area contributed by atoms with Gasteiger partial charge in [-0.05, 0) is 32.3 Å². The lowest BCUT2D eigenvalue weighted by Gasteiger charge is -2.20. The number of hydrogen-bond acceptors (Lipinski definition) is 4. The second-order valence-electron chi connectivity index (χ2n) is 5.78. The lowest BCUT2D eigenvalue weighted by molar-refractivity contribution is -0.384. The van der Waals surface area contributed by atoms with Gasteiger partial charge in [0.15, 0.2) is 0 Å². The van der Waals surface area contributed by atoms with Crippen molar-refractivity contribution in [2.24, 2.45) is 0 Å². The number of halogens is 1. The number of likely N-dealkylation sites (tertiary alicyclic amines) is 1. The minimum atomic E-state index is -0.428. The van der Waals surface area contributed by atoms with Gasteiger partial charge in [-0.15, -0.1) is 0 Å². The van der Waals surface area contributed by atoms with Crippen LogP contribution in [0, 0.1) is 10.1 Å². The van der Waals surface area contributed by atoms with Gasteiger partial charge in [-0.2, -0.15) is 0 Å². The summed E-state index contributed by atoms with van der Waals surface area (Å²) in [5.74, 6) is 0. The van der Waals surface area contributed by atoms with Crippen molar-refractivity contribution in [2.75, 3.05) is 11.9 Å². The lowest BCUT2D eigenvalue weighted by atomic mass is 10.2. The van der Waals surface area contributed by atoms with Gasteiger partial charge in [0.1, 0.15) is 0 Å². The number of nitrogens with one attached hydrogen (secondary N) is 1. The number of nitro groups is 1. The van der Waals surface area contributed by atoms with Crippen LogP contribution in [0.4, 0.5) is 11.4 Å². The number of benzene rings is 1. The predicted molar refractivity (Wildman–Crippen MR) is 79.3 cm³/mol. The molecule has 2 unspecified atom stereocenters. The quantitative estimate of drug-likeness (QED) is 0.684. The van der Waals surface area contributed by atoms with E-state index in [9.17, 15) is 10.1 Å². The molecule has 1 aromatic carbocycles. The molecule has 0 amide bonds. The molecular formula is C14H18ClN3O2. The van der Waals surface area contributed by atoms with Crippen molar-refractivity contribution in [3.63, 3.8) is 0 Å². The van der Waals surface area contributed by atoms with E-state index >= 15 is 0 Å². The fourth-order valence-corrected chi connectivity index (χ4v) is 3.26. The van der Waals surface area contributed by atoms with E-state index in [1.165, 1.54) is 25.0 Å². The van der Waals surface area contributed by atoms with Gasteiger partial charge in [0.2, 0.25) is 0 Å². The average Bonchev–Trinajstić information content (AvgIpc) is 3.16. The molecule has 0 spiro atoms. The van der Waals surface area contributed by atoms with Crippen LogP contribution in [0.25, 0.3) is 0 Å². The highest BCUT2D eigenvalue weighted by Gasteiger charge is 2.38. The first kappa shape index (κ1) is 13.6. The van der Waals surface area contributed by atoms with Gasteiger partial charge in [0.05, 0.1) is 15.6 Å². The van der Waals surface area contributed by atoms with E-state index in [0.29, 0.717) is 17.1 Å². The highest BCUT2D eigenvalue weighted by Crippen LogP contribution is 2.35. The monoisotopic (exact) mass is 295 g/mol. The third-order valence-corrected chi connectivity index (χ3v) is 4.47. The van der Waals surface area contributed by atoms with Gasteiger partial charge in [-0.1, -0.05) is 11.6 Å². The summed E-state index contributed by atoms with van der Waals surface area (Å²) in [6.45, 7) is 3.29.